The molecule has 0 radical (unpaired) electrons. The van der Waals surface area contributed by atoms with Gasteiger partial charge in [-0.1, -0.05) is 11.6 Å². The number of nitrogens with one attached hydrogen (secondary N) is 1. The topological polar surface area (TPSA) is 49.6 Å². The van der Waals surface area contributed by atoms with Crippen LogP contribution in [0.2, 0.25) is 5.15 Å². The van der Waals surface area contributed by atoms with E-state index in [0.717, 1.165) is 11.3 Å². The molecule has 0 aromatic carbocycles. The predicted molar refractivity (Wildman–Crippen MR) is 54.6 cm³/mol. The number of rotatable bonds is 2. The van der Waals surface area contributed by atoms with Gasteiger partial charge in [0.15, 0.2) is 5.15 Å². The number of hydrogen-bond acceptors (Lipinski definition) is 3. The average Bonchev–Trinajstić information content (AvgIpc) is 2.44. The number of hydrogen-bond donors (Lipinski definition) is 2. The predicted octanol–water partition coefficient (Wildman–Crippen LogP) is 1.41. The minimum atomic E-state index is 0.198. The van der Waals surface area contributed by atoms with Crippen molar-refractivity contribution >= 4 is 17.1 Å². The Morgan fingerprint density at radius 2 is 2.36 bits per heavy atom. The normalized spacial score (nSPS) is 11.0. The summed E-state index contributed by atoms with van der Waals surface area (Å²) in [4.78, 5) is 4.18. The maximum absolute atomic E-state index is 9.32. The van der Waals surface area contributed by atoms with E-state index in [4.69, 9.17) is 11.6 Å². The summed E-state index contributed by atoms with van der Waals surface area (Å²) >= 11 is 5.92. The average molecular weight is 212 g/mol. The van der Waals surface area contributed by atoms with Crippen LogP contribution in [0.25, 0.3) is 5.52 Å². The van der Waals surface area contributed by atoms with Crippen molar-refractivity contribution in [2.45, 2.75) is 6.54 Å². The van der Waals surface area contributed by atoms with Gasteiger partial charge in [0.1, 0.15) is 11.6 Å². The van der Waals surface area contributed by atoms with Crippen molar-refractivity contribution in [2.24, 2.45) is 0 Å². The smallest absolute Gasteiger partial charge is 0.155 e. The summed E-state index contributed by atoms with van der Waals surface area (Å²) in [7, 11) is 1.83. The zero-order chi connectivity index (χ0) is 10.1. The fraction of sp³-hybridized carbons (Fsp3) is 0.222. The largest absolute Gasteiger partial charge is 0.506 e. The van der Waals surface area contributed by atoms with Crippen molar-refractivity contribution in [1.29, 1.82) is 0 Å². The summed E-state index contributed by atoms with van der Waals surface area (Å²) in [5.74, 6) is 0.979. The Kier molecular flexibility index (Phi) is 2.31. The van der Waals surface area contributed by atoms with Gasteiger partial charge in [-0.05, 0) is 19.2 Å². The number of halogens is 1. The third-order valence-electron chi connectivity index (χ3n) is 1.98. The fourth-order valence-corrected chi connectivity index (χ4v) is 1.63. The van der Waals surface area contributed by atoms with E-state index in [1.807, 2.05) is 7.05 Å². The monoisotopic (exact) mass is 211 g/mol. The number of fused-ring (bicyclic) bond motifs is 1. The standard InChI is InChI=1S/C9H10ClN3O/c1-11-4-8-12-9(10)7-3-2-6(14)5-13(7)8/h2-3,5,11,14H,4H2,1H3. The van der Waals surface area contributed by atoms with Crippen LogP contribution in [0.5, 0.6) is 5.75 Å². The first-order valence-electron chi connectivity index (χ1n) is 4.22. The zero-order valence-electron chi connectivity index (χ0n) is 7.66. The molecule has 0 saturated carbocycles. The third kappa shape index (κ3) is 1.42. The van der Waals surface area contributed by atoms with Crippen molar-refractivity contribution in [3.05, 3.63) is 29.3 Å². The van der Waals surface area contributed by atoms with Gasteiger partial charge in [0.05, 0.1) is 18.3 Å². The lowest BCUT2D eigenvalue weighted by molar-refractivity contribution is 0.471. The zero-order valence-corrected chi connectivity index (χ0v) is 8.41. The van der Waals surface area contributed by atoms with E-state index in [1.54, 1.807) is 22.7 Å². The number of aromatic hydroxyl groups is 1. The first-order chi connectivity index (χ1) is 6.72. The molecule has 4 nitrogen and oxygen atoms in total. The summed E-state index contributed by atoms with van der Waals surface area (Å²) in [6.07, 6.45) is 1.60. The molecule has 0 fully saturated rings. The lowest BCUT2D eigenvalue weighted by atomic mass is 10.4. The van der Waals surface area contributed by atoms with Crippen LogP contribution >= 0.6 is 11.6 Å². The molecule has 74 valence electrons. The Hall–Kier alpha value is -1.26. The van der Waals surface area contributed by atoms with Gasteiger partial charge in [-0.3, -0.25) is 4.40 Å². The van der Waals surface area contributed by atoms with Crippen LogP contribution in [0.3, 0.4) is 0 Å². The Balaban J connectivity index is 2.66. The number of aromatic nitrogens is 2. The molecule has 0 atom stereocenters. The molecular weight excluding hydrogens is 202 g/mol. The molecule has 14 heavy (non-hydrogen) atoms. The van der Waals surface area contributed by atoms with Gasteiger partial charge in [0.2, 0.25) is 0 Å². The highest BCUT2D eigenvalue weighted by Crippen LogP contribution is 2.21. The van der Waals surface area contributed by atoms with E-state index >= 15 is 0 Å². The molecule has 0 spiro atoms. The molecule has 2 heterocycles. The second-order valence-corrected chi connectivity index (χ2v) is 3.35. The van der Waals surface area contributed by atoms with E-state index in [9.17, 15) is 5.11 Å². The summed E-state index contributed by atoms with van der Waals surface area (Å²) in [5.41, 5.74) is 0.801. The van der Waals surface area contributed by atoms with Gasteiger partial charge in [-0.2, -0.15) is 0 Å². The third-order valence-corrected chi connectivity index (χ3v) is 2.26. The Morgan fingerprint density at radius 1 is 1.57 bits per heavy atom. The van der Waals surface area contributed by atoms with Crippen LogP contribution in [-0.2, 0) is 6.54 Å². The van der Waals surface area contributed by atoms with E-state index in [2.05, 4.69) is 10.3 Å². The minimum Gasteiger partial charge on any atom is -0.506 e. The first kappa shape index (κ1) is 9.30. The van der Waals surface area contributed by atoms with Crippen LogP contribution < -0.4 is 5.32 Å². The highest BCUT2D eigenvalue weighted by atomic mass is 35.5. The molecule has 2 N–H and O–H groups in total. The lowest BCUT2D eigenvalue weighted by Crippen LogP contribution is -2.08. The van der Waals surface area contributed by atoms with Crippen LogP contribution in [0.15, 0.2) is 18.3 Å². The Bertz CT molecular complexity index is 466. The second-order valence-electron chi connectivity index (χ2n) is 2.99. The quantitative estimate of drug-likeness (QED) is 0.790. The summed E-state index contributed by atoms with van der Waals surface area (Å²) in [6.45, 7) is 0.608. The van der Waals surface area contributed by atoms with E-state index in [1.165, 1.54) is 0 Å². The molecular formula is C9H10ClN3O. The molecule has 0 aliphatic carbocycles. The molecule has 0 amide bonds. The Morgan fingerprint density at radius 3 is 3.07 bits per heavy atom. The molecule has 5 heteroatoms. The SMILES string of the molecule is CNCc1nc(Cl)c2ccc(O)cn12. The van der Waals surface area contributed by atoms with Crippen LogP contribution in [-0.4, -0.2) is 21.5 Å². The lowest BCUT2D eigenvalue weighted by Gasteiger charge is -2.00. The highest BCUT2D eigenvalue weighted by molar-refractivity contribution is 6.32. The first-order valence-corrected chi connectivity index (χ1v) is 4.60. The maximum atomic E-state index is 9.32. The molecule has 2 aromatic heterocycles. The van der Waals surface area contributed by atoms with E-state index in [-0.39, 0.29) is 5.75 Å². The van der Waals surface area contributed by atoms with Gasteiger partial charge in [0, 0.05) is 0 Å². The Labute approximate surface area is 86.1 Å². The molecule has 0 unspecified atom stereocenters. The number of pyridine rings is 1. The second kappa shape index (κ2) is 3.48. The van der Waals surface area contributed by atoms with Crippen LogP contribution in [0.4, 0.5) is 0 Å². The molecule has 0 saturated heterocycles. The van der Waals surface area contributed by atoms with Crippen molar-refractivity contribution in [1.82, 2.24) is 14.7 Å². The van der Waals surface area contributed by atoms with Crippen molar-refractivity contribution in [2.75, 3.05) is 7.05 Å². The van der Waals surface area contributed by atoms with E-state index < -0.39 is 0 Å². The molecule has 2 rings (SSSR count). The number of nitrogens with zero attached hydrogens (tertiary/aromatic N) is 2. The van der Waals surface area contributed by atoms with Crippen molar-refractivity contribution in [3.8, 4) is 5.75 Å². The fourth-order valence-electron chi connectivity index (χ4n) is 1.38. The summed E-state index contributed by atoms with van der Waals surface area (Å²) < 4.78 is 1.77. The maximum Gasteiger partial charge on any atom is 0.155 e. The van der Waals surface area contributed by atoms with Crippen molar-refractivity contribution < 1.29 is 5.11 Å². The summed E-state index contributed by atoms with van der Waals surface area (Å²) in [6, 6.07) is 3.33. The van der Waals surface area contributed by atoms with Gasteiger partial charge >= 0.3 is 0 Å². The van der Waals surface area contributed by atoms with Gasteiger partial charge < -0.3 is 10.4 Å². The van der Waals surface area contributed by atoms with Gasteiger partial charge in [-0.15, -0.1) is 0 Å². The summed E-state index contributed by atoms with van der Waals surface area (Å²) in [5, 5.41) is 12.8. The molecule has 0 bridgehead atoms. The molecule has 0 aliphatic rings. The molecule has 2 aromatic rings. The highest BCUT2D eigenvalue weighted by Gasteiger charge is 2.08. The molecule has 0 aliphatic heterocycles. The van der Waals surface area contributed by atoms with Gasteiger partial charge in [-0.25, -0.2) is 4.98 Å². The number of imidazole rings is 1. The van der Waals surface area contributed by atoms with Crippen LogP contribution in [0, 0.1) is 0 Å². The van der Waals surface area contributed by atoms with Crippen LogP contribution in [0.1, 0.15) is 5.82 Å². The van der Waals surface area contributed by atoms with E-state index in [0.29, 0.717) is 11.7 Å². The van der Waals surface area contributed by atoms with Gasteiger partial charge in [0.25, 0.3) is 0 Å². The van der Waals surface area contributed by atoms with Crippen molar-refractivity contribution in [3.63, 3.8) is 0 Å². The minimum absolute atomic E-state index is 0.198.